The topological polar surface area (TPSA) is 41.6 Å². The number of likely N-dealkylation sites (tertiary alicyclic amines) is 1. The molecule has 2 aliphatic heterocycles. The number of amides is 1. The van der Waals surface area contributed by atoms with Crippen LogP contribution in [0, 0.1) is 5.92 Å². The van der Waals surface area contributed by atoms with Crippen LogP contribution in [-0.4, -0.2) is 44.1 Å². The maximum atomic E-state index is 12.7. The van der Waals surface area contributed by atoms with E-state index in [2.05, 4.69) is 11.4 Å². The van der Waals surface area contributed by atoms with Gasteiger partial charge in [0.05, 0.1) is 6.61 Å². The van der Waals surface area contributed by atoms with E-state index in [1.54, 1.807) is 0 Å². The maximum absolute atomic E-state index is 12.7. The second kappa shape index (κ2) is 5.94. The van der Waals surface area contributed by atoms with Crippen LogP contribution in [-0.2, 0) is 16.0 Å². The first-order valence-corrected chi connectivity index (χ1v) is 7.42. The first kappa shape index (κ1) is 13.6. The van der Waals surface area contributed by atoms with Crippen molar-refractivity contribution in [3.63, 3.8) is 0 Å². The van der Waals surface area contributed by atoms with Crippen LogP contribution in [0.1, 0.15) is 23.7 Å². The lowest BCUT2D eigenvalue weighted by Gasteiger charge is -2.28. The van der Waals surface area contributed by atoms with E-state index < -0.39 is 6.10 Å². The van der Waals surface area contributed by atoms with Crippen LogP contribution in [0.5, 0.6) is 0 Å². The fraction of sp³-hybridized carbons (Fsp3) is 0.562. The van der Waals surface area contributed by atoms with E-state index in [0.717, 1.165) is 38.0 Å². The van der Waals surface area contributed by atoms with Gasteiger partial charge in [0.15, 0.2) is 6.10 Å². The first-order valence-electron chi connectivity index (χ1n) is 7.42. The van der Waals surface area contributed by atoms with Crippen molar-refractivity contribution in [3.8, 4) is 0 Å². The van der Waals surface area contributed by atoms with Crippen LogP contribution in [0.3, 0.4) is 0 Å². The molecule has 20 heavy (non-hydrogen) atoms. The van der Waals surface area contributed by atoms with E-state index in [0.29, 0.717) is 12.5 Å². The smallest absolute Gasteiger partial charge is 0.256 e. The van der Waals surface area contributed by atoms with Gasteiger partial charge in [-0.15, -0.1) is 0 Å². The second-order valence-electron chi connectivity index (χ2n) is 5.70. The van der Waals surface area contributed by atoms with Gasteiger partial charge in [-0.25, -0.2) is 0 Å². The third-order valence-electron chi connectivity index (χ3n) is 4.31. The van der Waals surface area contributed by atoms with Gasteiger partial charge in [0.1, 0.15) is 0 Å². The molecule has 1 fully saturated rings. The Labute approximate surface area is 120 Å². The molecule has 0 radical (unpaired) electrons. The minimum Gasteiger partial charge on any atom is -0.363 e. The van der Waals surface area contributed by atoms with Crippen molar-refractivity contribution >= 4 is 5.91 Å². The fourth-order valence-electron chi connectivity index (χ4n) is 3.25. The highest BCUT2D eigenvalue weighted by molar-refractivity contribution is 5.83. The highest BCUT2D eigenvalue weighted by atomic mass is 16.5. The molecule has 0 spiro atoms. The Morgan fingerprint density at radius 1 is 1.45 bits per heavy atom. The predicted molar refractivity (Wildman–Crippen MR) is 77.5 cm³/mol. The summed E-state index contributed by atoms with van der Waals surface area (Å²) < 4.78 is 5.77. The average molecular weight is 274 g/mol. The quantitative estimate of drug-likeness (QED) is 0.905. The van der Waals surface area contributed by atoms with Gasteiger partial charge in [0, 0.05) is 13.1 Å². The monoisotopic (exact) mass is 274 g/mol. The molecular formula is C16H22N2O2. The minimum absolute atomic E-state index is 0.135. The molecule has 1 aromatic carbocycles. The van der Waals surface area contributed by atoms with Crippen molar-refractivity contribution in [1.82, 2.24) is 10.2 Å². The predicted octanol–water partition coefficient (Wildman–Crippen LogP) is 1.37. The van der Waals surface area contributed by atoms with Gasteiger partial charge >= 0.3 is 0 Å². The summed E-state index contributed by atoms with van der Waals surface area (Å²) in [6, 6.07) is 8.15. The molecule has 2 aliphatic rings. The summed E-state index contributed by atoms with van der Waals surface area (Å²) in [6.45, 7) is 3.32. The van der Waals surface area contributed by atoms with Crippen LogP contribution in [0.4, 0.5) is 0 Å². The number of benzene rings is 1. The lowest BCUT2D eigenvalue weighted by Crippen LogP contribution is -2.37. The molecular weight excluding hydrogens is 252 g/mol. The van der Waals surface area contributed by atoms with E-state index in [4.69, 9.17) is 4.74 Å². The molecule has 4 nitrogen and oxygen atoms in total. The first-order chi connectivity index (χ1) is 9.79. The highest BCUT2D eigenvalue weighted by Gasteiger charge is 2.34. The van der Waals surface area contributed by atoms with E-state index in [1.807, 2.05) is 30.1 Å². The van der Waals surface area contributed by atoms with Gasteiger partial charge in [0.2, 0.25) is 0 Å². The van der Waals surface area contributed by atoms with Crippen molar-refractivity contribution in [2.45, 2.75) is 18.9 Å². The highest BCUT2D eigenvalue weighted by Crippen LogP contribution is 2.30. The lowest BCUT2D eigenvalue weighted by molar-refractivity contribution is -0.144. The van der Waals surface area contributed by atoms with Gasteiger partial charge in [-0.1, -0.05) is 24.3 Å². The number of nitrogens with zero attached hydrogens (tertiary/aromatic N) is 1. The van der Waals surface area contributed by atoms with E-state index in [1.165, 1.54) is 5.56 Å². The van der Waals surface area contributed by atoms with Crippen molar-refractivity contribution < 1.29 is 9.53 Å². The zero-order valence-corrected chi connectivity index (χ0v) is 12.0. The van der Waals surface area contributed by atoms with Crippen molar-refractivity contribution in [1.29, 1.82) is 0 Å². The summed E-state index contributed by atoms with van der Waals surface area (Å²) >= 11 is 0. The molecule has 1 amide bonds. The molecule has 1 saturated heterocycles. The molecule has 1 N–H and O–H groups in total. The third kappa shape index (κ3) is 2.58. The lowest BCUT2D eigenvalue weighted by atomic mass is 9.97. The largest absolute Gasteiger partial charge is 0.363 e. The summed E-state index contributed by atoms with van der Waals surface area (Å²) in [7, 11) is 1.96. The summed E-state index contributed by atoms with van der Waals surface area (Å²) in [5.41, 5.74) is 2.31. The Kier molecular flexibility index (Phi) is 4.03. The molecule has 2 heterocycles. The van der Waals surface area contributed by atoms with E-state index in [-0.39, 0.29) is 5.91 Å². The molecule has 3 rings (SSSR count). The van der Waals surface area contributed by atoms with Crippen molar-refractivity contribution in [2.24, 2.45) is 5.92 Å². The molecule has 2 unspecified atom stereocenters. The fourth-order valence-corrected chi connectivity index (χ4v) is 3.25. The Hall–Kier alpha value is -1.39. The molecule has 0 saturated carbocycles. The molecule has 0 bridgehead atoms. The molecule has 1 aromatic rings. The maximum Gasteiger partial charge on any atom is 0.256 e. The van der Waals surface area contributed by atoms with E-state index in [9.17, 15) is 4.79 Å². The van der Waals surface area contributed by atoms with Gasteiger partial charge in [-0.2, -0.15) is 0 Å². The van der Waals surface area contributed by atoms with Gasteiger partial charge in [-0.05, 0) is 43.5 Å². The van der Waals surface area contributed by atoms with Crippen LogP contribution in [0.25, 0.3) is 0 Å². The number of ether oxygens (including phenoxy) is 1. The summed E-state index contributed by atoms with van der Waals surface area (Å²) in [5, 5.41) is 3.20. The van der Waals surface area contributed by atoms with Crippen LogP contribution >= 0.6 is 0 Å². The zero-order valence-electron chi connectivity index (χ0n) is 12.0. The zero-order chi connectivity index (χ0) is 13.9. The number of rotatable bonds is 3. The van der Waals surface area contributed by atoms with Crippen LogP contribution < -0.4 is 5.32 Å². The molecule has 0 aliphatic carbocycles. The Balaban J connectivity index is 1.73. The number of nitrogens with one attached hydrogen (secondary N) is 1. The standard InChI is InChI=1S/C16H22N2O2/c1-17-10-12-6-8-18(11-12)16(19)15-14-5-3-2-4-13(14)7-9-20-15/h2-5,12,15,17H,6-11H2,1H3. The van der Waals surface area contributed by atoms with Crippen molar-refractivity contribution in [3.05, 3.63) is 35.4 Å². The van der Waals surface area contributed by atoms with E-state index >= 15 is 0 Å². The van der Waals surface area contributed by atoms with Crippen LogP contribution in [0.2, 0.25) is 0 Å². The Morgan fingerprint density at radius 3 is 3.15 bits per heavy atom. The SMILES string of the molecule is CNCC1CCN(C(=O)C2OCCc3ccccc32)C1. The minimum atomic E-state index is -0.395. The number of hydrogen-bond acceptors (Lipinski definition) is 3. The molecule has 2 atom stereocenters. The average Bonchev–Trinajstić information content (AvgIpc) is 2.95. The Morgan fingerprint density at radius 2 is 2.30 bits per heavy atom. The van der Waals surface area contributed by atoms with Crippen LogP contribution in [0.15, 0.2) is 24.3 Å². The Bertz CT molecular complexity index is 489. The summed E-state index contributed by atoms with van der Waals surface area (Å²) in [5.74, 6) is 0.707. The van der Waals surface area contributed by atoms with Gasteiger partial charge in [0.25, 0.3) is 5.91 Å². The van der Waals surface area contributed by atoms with Gasteiger partial charge in [-0.3, -0.25) is 4.79 Å². The van der Waals surface area contributed by atoms with Gasteiger partial charge < -0.3 is 15.0 Å². The third-order valence-corrected chi connectivity index (χ3v) is 4.31. The van der Waals surface area contributed by atoms with Crippen molar-refractivity contribution in [2.75, 3.05) is 33.3 Å². The number of carbonyl (C=O) groups excluding carboxylic acids is 1. The summed E-state index contributed by atoms with van der Waals surface area (Å²) in [6.07, 6.45) is 1.59. The molecule has 4 heteroatoms. The molecule has 0 aromatic heterocycles. The number of hydrogen-bond donors (Lipinski definition) is 1. The summed E-state index contributed by atoms with van der Waals surface area (Å²) in [4.78, 5) is 14.7. The second-order valence-corrected chi connectivity index (χ2v) is 5.70. The molecule has 108 valence electrons. The number of fused-ring (bicyclic) bond motifs is 1. The number of carbonyl (C=O) groups is 1. The normalized spacial score (nSPS) is 25.6.